The Kier molecular flexibility index (Phi) is 12.4. The molecule has 0 spiro atoms. The number of carbonyl (C=O) groups excluding carboxylic acids is 1. The second-order valence-corrected chi connectivity index (χ2v) is 9.02. The molecule has 0 saturated heterocycles. The number of nitrogens with two attached hydrogens (primary N) is 2. The van der Waals surface area contributed by atoms with Crippen LogP contribution in [0.4, 0.5) is 0 Å². The summed E-state index contributed by atoms with van der Waals surface area (Å²) in [6, 6.07) is 0. The van der Waals surface area contributed by atoms with Crippen molar-refractivity contribution in [2.45, 2.75) is 103 Å². The molecule has 0 aromatic carbocycles. The summed E-state index contributed by atoms with van der Waals surface area (Å²) in [6.07, 6.45) is 19.5. The van der Waals surface area contributed by atoms with Crippen LogP contribution in [0.1, 0.15) is 103 Å². The summed E-state index contributed by atoms with van der Waals surface area (Å²) in [5.41, 5.74) is 13.8. The standard InChI is InChI=1S/C24H44N4O/c25-17-10-3-1-8-14-22-21-13-7-5-6-12-20(16-19-29)24(21)23(28-27-22)15-9-2-4-11-18-26/h19-21,24H,1-18,25-26H2. The minimum absolute atomic E-state index is 0.437. The molecule has 1 aliphatic heterocycles. The molecule has 1 saturated carbocycles. The Hall–Kier alpha value is -1.07. The summed E-state index contributed by atoms with van der Waals surface area (Å²) in [5.74, 6) is 1.39. The molecule has 3 unspecified atom stereocenters. The van der Waals surface area contributed by atoms with Gasteiger partial charge in [-0.3, -0.25) is 0 Å². The van der Waals surface area contributed by atoms with Gasteiger partial charge in [0.2, 0.25) is 0 Å². The third-order valence-electron chi connectivity index (χ3n) is 6.82. The summed E-state index contributed by atoms with van der Waals surface area (Å²) >= 11 is 0. The fraction of sp³-hybridized carbons (Fsp3) is 0.875. The zero-order valence-corrected chi connectivity index (χ0v) is 18.5. The maximum absolute atomic E-state index is 11.4. The van der Waals surface area contributed by atoms with Gasteiger partial charge in [0.15, 0.2) is 0 Å². The molecule has 166 valence electrons. The van der Waals surface area contributed by atoms with Gasteiger partial charge in [0, 0.05) is 29.7 Å². The maximum atomic E-state index is 11.4. The predicted octanol–water partition coefficient (Wildman–Crippen LogP) is 5.02. The first-order chi connectivity index (χ1) is 14.3. The van der Waals surface area contributed by atoms with Crippen LogP contribution >= 0.6 is 0 Å². The van der Waals surface area contributed by atoms with Crippen LogP contribution in [-0.4, -0.2) is 30.8 Å². The second kappa shape index (κ2) is 14.8. The van der Waals surface area contributed by atoms with Gasteiger partial charge in [-0.2, -0.15) is 10.2 Å². The summed E-state index contributed by atoms with van der Waals surface area (Å²) in [6.45, 7) is 1.57. The average molecular weight is 405 g/mol. The molecule has 3 atom stereocenters. The third-order valence-corrected chi connectivity index (χ3v) is 6.82. The van der Waals surface area contributed by atoms with E-state index in [1.807, 2.05) is 0 Å². The van der Waals surface area contributed by atoms with Crippen LogP contribution < -0.4 is 11.5 Å². The van der Waals surface area contributed by atoms with E-state index in [1.54, 1.807) is 0 Å². The number of hydrogen-bond donors (Lipinski definition) is 2. The first-order valence-electron chi connectivity index (χ1n) is 12.3. The van der Waals surface area contributed by atoms with Crippen molar-refractivity contribution in [1.29, 1.82) is 0 Å². The molecular formula is C24H44N4O. The monoisotopic (exact) mass is 404 g/mol. The van der Waals surface area contributed by atoms with E-state index >= 15 is 0 Å². The molecule has 0 bridgehead atoms. The summed E-state index contributed by atoms with van der Waals surface area (Å²) < 4.78 is 0. The van der Waals surface area contributed by atoms with Crippen LogP contribution in [0, 0.1) is 17.8 Å². The normalized spacial score (nSPS) is 24.8. The molecule has 5 heteroatoms. The molecule has 2 rings (SSSR count). The highest BCUT2D eigenvalue weighted by Gasteiger charge is 2.38. The van der Waals surface area contributed by atoms with Crippen LogP contribution in [0.25, 0.3) is 0 Å². The van der Waals surface area contributed by atoms with E-state index in [0.29, 0.717) is 24.2 Å². The molecule has 2 aliphatic rings. The van der Waals surface area contributed by atoms with Crippen molar-refractivity contribution in [1.82, 2.24) is 0 Å². The van der Waals surface area contributed by atoms with Crippen LogP contribution in [0.15, 0.2) is 10.2 Å². The third kappa shape index (κ3) is 8.29. The fourth-order valence-electron chi connectivity index (χ4n) is 5.23. The maximum Gasteiger partial charge on any atom is 0.120 e. The number of aldehydes is 1. The largest absolute Gasteiger partial charge is 0.330 e. The van der Waals surface area contributed by atoms with Crippen LogP contribution in [0.2, 0.25) is 0 Å². The minimum atomic E-state index is 0.437. The Morgan fingerprint density at radius 3 is 2.00 bits per heavy atom. The summed E-state index contributed by atoms with van der Waals surface area (Å²) in [5, 5.41) is 9.54. The van der Waals surface area contributed by atoms with E-state index < -0.39 is 0 Å². The van der Waals surface area contributed by atoms with Gasteiger partial charge in [0.1, 0.15) is 6.29 Å². The lowest BCUT2D eigenvalue weighted by Crippen LogP contribution is -2.39. The fourth-order valence-corrected chi connectivity index (χ4v) is 5.23. The van der Waals surface area contributed by atoms with Crippen molar-refractivity contribution < 1.29 is 4.79 Å². The van der Waals surface area contributed by atoms with Gasteiger partial charge >= 0.3 is 0 Å². The van der Waals surface area contributed by atoms with E-state index in [2.05, 4.69) is 0 Å². The molecule has 0 radical (unpaired) electrons. The number of hydrogen-bond acceptors (Lipinski definition) is 5. The lowest BCUT2D eigenvalue weighted by molar-refractivity contribution is -0.109. The van der Waals surface area contributed by atoms with E-state index in [4.69, 9.17) is 21.7 Å². The van der Waals surface area contributed by atoms with Crippen molar-refractivity contribution in [2.75, 3.05) is 13.1 Å². The highest BCUT2D eigenvalue weighted by atomic mass is 16.1. The van der Waals surface area contributed by atoms with E-state index in [0.717, 1.165) is 51.5 Å². The average Bonchev–Trinajstić information content (AvgIpc) is 2.71. The van der Waals surface area contributed by atoms with Gasteiger partial charge in [0.25, 0.3) is 0 Å². The Balaban J connectivity index is 2.07. The number of nitrogens with zero attached hydrogens (tertiary/aromatic N) is 2. The van der Waals surface area contributed by atoms with Gasteiger partial charge in [-0.1, -0.05) is 44.9 Å². The van der Waals surface area contributed by atoms with E-state index in [1.165, 1.54) is 75.6 Å². The van der Waals surface area contributed by atoms with E-state index in [9.17, 15) is 4.79 Å². The Labute approximate surface area is 178 Å². The highest BCUT2D eigenvalue weighted by molar-refractivity contribution is 5.98. The first-order valence-corrected chi connectivity index (χ1v) is 12.3. The SMILES string of the molecule is NCCCCCCC1=NN=C(CCCCCCN)C2C(CC=O)CCCCCC12. The molecule has 5 nitrogen and oxygen atoms in total. The molecule has 1 fully saturated rings. The molecule has 29 heavy (non-hydrogen) atoms. The smallest absolute Gasteiger partial charge is 0.120 e. The van der Waals surface area contributed by atoms with Gasteiger partial charge < -0.3 is 16.3 Å². The Morgan fingerprint density at radius 2 is 1.34 bits per heavy atom. The van der Waals surface area contributed by atoms with Gasteiger partial charge in [0.05, 0.1) is 0 Å². The van der Waals surface area contributed by atoms with Crippen LogP contribution in [-0.2, 0) is 4.79 Å². The Bertz CT molecular complexity index is 517. The van der Waals surface area contributed by atoms with Crippen LogP contribution in [0.5, 0.6) is 0 Å². The molecular weight excluding hydrogens is 360 g/mol. The Morgan fingerprint density at radius 1 is 0.759 bits per heavy atom. The number of fused-ring (bicyclic) bond motifs is 1. The van der Waals surface area contributed by atoms with Crippen LogP contribution in [0.3, 0.4) is 0 Å². The molecule has 1 aliphatic carbocycles. The zero-order chi connectivity index (χ0) is 20.7. The first kappa shape index (κ1) is 24.2. The van der Waals surface area contributed by atoms with Crippen molar-refractivity contribution in [3.8, 4) is 0 Å². The number of unbranched alkanes of at least 4 members (excludes halogenated alkanes) is 6. The topological polar surface area (TPSA) is 93.8 Å². The minimum Gasteiger partial charge on any atom is -0.330 e. The van der Waals surface area contributed by atoms with Gasteiger partial charge in [-0.25, -0.2) is 0 Å². The molecule has 0 aromatic rings. The molecule has 0 amide bonds. The van der Waals surface area contributed by atoms with Crippen molar-refractivity contribution in [2.24, 2.45) is 39.4 Å². The second-order valence-electron chi connectivity index (χ2n) is 9.02. The zero-order valence-electron chi connectivity index (χ0n) is 18.5. The van der Waals surface area contributed by atoms with Crippen molar-refractivity contribution in [3.63, 3.8) is 0 Å². The van der Waals surface area contributed by atoms with Gasteiger partial charge in [-0.05, 0) is 70.4 Å². The summed E-state index contributed by atoms with van der Waals surface area (Å²) in [7, 11) is 0. The predicted molar refractivity (Wildman–Crippen MR) is 123 cm³/mol. The lowest BCUT2D eigenvalue weighted by atomic mass is 9.68. The van der Waals surface area contributed by atoms with Crippen molar-refractivity contribution in [3.05, 3.63) is 0 Å². The highest BCUT2D eigenvalue weighted by Crippen LogP contribution is 2.40. The molecule has 4 N–H and O–H groups in total. The number of rotatable bonds is 14. The van der Waals surface area contributed by atoms with Gasteiger partial charge in [-0.15, -0.1) is 0 Å². The summed E-state index contributed by atoms with van der Waals surface area (Å²) in [4.78, 5) is 11.4. The quantitative estimate of drug-likeness (QED) is 0.314. The van der Waals surface area contributed by atoms with Crippen molar-refractivity contribution >= 4 is 17.7 Å². The lowest BCUT2D eigenvalue weighted by Gasteiger charge is -2.38. The molecule has 1 heterocycles. The number of carbonyl (C=O) groups is 1. The van der Waals surface area contributed by atoms with E-state index in [-0.39, 0.29) is 0 Å². The molecule has 0 aromatic heterocycles.